The van der Waals surface area contributed by atoms with E-state index in [1.165, 1.54) is 32.9 Å². The molecule has 0 radical (unpaired) electrons. The number of anilines is 1. The first-order valence-corrected chi connectivity index (χ1v) is 5.93. The van der Waals surface area contributed by atoms with Crippen molar-refractivity contribution >= 4 is 34.3 Å². The third-order valence-electron chi connectivity index (χ3n) is 1.53. The molecule has 78 valence electrons. The number of rotatable bonds is 2. The topological polar surface area (TPSA) is 49.3 Å². The maximum atomic E-state index is 11.5. The largest absolute Gasteiger partial charge is 0.330 e. The van der Waals surface area contributed by atoms with Crippen LogP contribution in [0.2, 0.25) is 0 Å². The Labute approximate surface area is 91.1 Å². The first kappa shape index (κ1) is 11.3. The Bertz CT molecular complexity index is 325. The number of carbonyl (C=O) groups excluding carboxylic acids is 1. The molecule has 1 aromatic rings. The fourth-order valence-electron chi connectivity index (χ4n) is 0.802. The van der Waals surface area contributed by atoms with Crippen molar-refractivity contribution in [3.8, 4) is 0 Å². The van der Waals surface area contributed by atoms with Crippen molar-refractivity contribution in [1.82, 2.24) is 15.1 Å². The number of urea groups is 1. The molecule has 0 aliphatic rings. The summed E-state index contributed by atoms with van der Waals surface area (Å²) in [5.41, 5.74) is 0. The zero-order valence-corrected chi connectivity index (χ0v) is 10.1. The molecule has 1 rings (SSSR count). The predicted octanol–water partition coefficient (Wildman–Crippen LogP) is 1.38. The molecule has 1 aromatic heterocycles. The van der Waals surface area contributed by atoms with Crippen molar-refractivity contribution in [3.63, 3.8) is 0 Å². The monoisotopic (exact) mass is 232 g/mol. The molecule has 0 aliphatic heterocycles. The van der Waals surface area contributed by atoms with Gasteiger partial charge in [0.25, 0.3) is 0 Å². The Hall–Kier alpha value is -0.820. The van der Waals surface area contributed by atoms with Crippen molar-refractivity contribution in [1.29, 1.82) is 0 Å². The van der Waals surface area contributed by atoms with Crippen molar-refractivity contribution < 1.29 is 4.79 Å². The maximum Gasteiger partial charge on any atom is 0.325 e. The number of nitrogens with zero attached hydrogens (tertiary/aromatic N) is 4. The molecule has 1 heterocycles. The third-order valence-corrected chi connectivity index (χ3v) is 3.50. The van der Waals surface area contributed by atoms with Crippen LogP contribution in [-0.2, 0) is 0 Å². The number of carbonyl (C=O) groups is 1. The van der Waals surface area contributed by atoms with Crippen LogP contribution in [0.15, 0.2) is 4.34 Å². The molecule has 2 amide bonds. The Morgan fingerprint density at radius 2 is 2.00 bits per heavy atom. The molecule has 14 heavy (non-hydrogen) atoms. The van der Waals surface area contributed by atoms with Gasteiger partial charge in [0.05, 0.1) is 0 Å². The molecule has 0 unspecified atom stereocenters. The highest BCUT2D eigenvalue weighted by atomic mass is 32.2. The minimum absolute atomic E-state index is 0.103. The van der Waals surface area contributed by atoms with E-state index in [2.05, 4.69) is 10.2 Å². The second-order valence-corrected chi connectivity index (χ2v) is 4.80. The van der Waals surface area contributed by atoms with Gasteiger partial charge in [0.1, 0.15) is 0 Å². The van der Waals surface area contributed by atoms with E-state index in [-0.39, 0.29) is 6.03 Å². The highest BCUT2D eigenvalue weighted by Gasteiger charge is 2.16. The van der Waals surface area contributed by atoms with Crippen LogP contribution < -0.4 is 4.90 Å². The second-order valence-electron chi connectivity index (χ2n) is 2.79. The van der Waals surface area contributed by atoms with Gasteiger partial charge >= 0.3 is 6.03 Å². The van der Waals surface area contributed by atoms with Crippen LogP contribution in [0.4, 0.5) is 9.93 Å². The Morgan fingerprint density at radius 1 is 1.36 bits per heavy atom. The molecule has 0 saturated heterocycles. The SMILES string of the molecule is CSc1nnc(N(C)C(=O)N(C)C)s1. The zero-order valence-electron chi connectivity index (χ0n) is 8.51. The van der Waals surface area contributed by atoms with Gasteiger partial charge in [0.2, 0.25) is 5.13 Å². The third kappa shape index (κ3) is 2.36. The minimum Gasteiger partial charge on any atom is -0.330 e. The van der Waals surface area contributed by atoms with E-state index in [4.69, 9.17) is 0 Å². The Kier molecular flexibility index (Phi) is 3.70. The fraction of sp³-hybridized carbons (Fsp3) is 0.571. The van der Waals surface area contributed by atoms with Gasteiger partial charge in [-0.1, -0.05) is 23.1 Å². The Morgan fingerprint density at radius 3 is 2.43 bits per heavy atom. The molecule has 0 fully saturated rings. The smallest absolute Gasteiger partial charge is 0.325 e. The number of thioether (sulfide) groups is 1. The van der Waals surface area contributed by atoms with Gasteiger partial charge in [-0.25, -0.2) is 4.79 Å². The fourth-order valence-corrected chi connectivity index (χ4v) is 2.02. The standard InChI is InChI=1S/C7H12N4OS2/c1-10(2)7(12)11(3)5-8-9-6(13-4)14-5/h1-4H3. The summed E-state index contributed by atoms with van der Waals surface area (Å²) in [6.07, 6.45) is 1.93. The van der Waals surface area contributed by atoms with Crippen molar-refractivity contribution in [3.05, 3.63) is 0 Å². The molecule has 7 heteroatoms. The van der Waals surface area contributed by atoms with E-state index in [0.29, 0.717) is 5.13 Å². The van der Waals surface area contributed by atoms with Crippen LogP contribution in [0.5, 0.6) is 0 Å². The van der Waals surface area contributed by atoms with Crippen molar-refractivity contribution in [2.24, 2.45) is 0 Å². The highest BCUT2D eigenvalue weighted by molar-refractivity contribution is 8.00. The van der Waals surface area contributed by atoms with Gasteiger partial charge in [-0.3, -0.25) is 4.90 Å². The van der Waals surface area contributed by atoms with Gasteiger partial charge in [0, 0.05) is 21.1 Å². The van der Waals surface area contributed by atoms with E-state index < -0.39 is 0 Å². The molecule has 0 aliphatic carbocycles. The van der Waals surface area contributed by atoms with E-state index >= 15 is 0 Å². The van der Waals surface area contributed by atoms with E-state index in [1.54, 1.807) is 21.1 Å². The molecule has 0 spiro atoms. The molecular weight excluding hydrogens is 220 g/mol. The Balaban J connectivity index is 2.78. The lowest BCUT2D eigenvalue weighted by atomic mass is 10.7. The predicted molar refractivity (Wildman–Crippen MR) is 59.2 cm³/mol. The first-order valence-electron chi connectivity index (χ1n) is 3.88. The molecule has 5 nitrogen and oxygen atoms in total. The summed E-state index contributed by atoms with van der Waals surface area (Å²) in [5, 5.41) is 8.45. The lowest BCUT2D eigenvalue weighted by Gasteiger charge is -2.18. The van der Waals surface area contributed by atoms with Gasteiger partial charge in [-0.2, -0.15) is 0 Å². The van der Waals surface area contributed by atoms with Crippen molar-refractivity contribution in [2.45, 2.75) is 4.34 Å². The number of amides is 2. The summed E-state index contributed by atoms with van der Waals surface area (Å²) in [4.78, 5) is 14.5. The molecule has 0 bridgehead atoms. The average molecular weight is 232 g/mol. The van der Waals surface area contributed by atoms with E-state index in [9.17, 15) is 4.79 Å². The van der Waals surface area contributed by atoms with Crippen LogP contribution in [-0.4, -0.2) is 48.5 Å². The maximum absolute atomic E-state index is 11.5. The quantitative estimate of drug-likeness (QED) is 0.571. The average Bonchev–Trinajstić information content (AvgIpc) is 2.63. The van der Waals surface area contributed by atoms with Crippen LogP contribution >= 0.6 is 23.1 Å². The summed E-state index contributed by atoms with van der Waals surface area (Å²) in [6, 6.07) is -0.103. The molecular formula is C7H12N4OS2. The number of aromatic nitrogens is 2. The van der Waals surface area contributed by atoms with Crippen LogP contribution in [0.3, 0.4) is 0 Å². The summed E-state index contributed by atoms with van der Waals surface area (Å²) in [5.74, 6) is 0. The van der Waals surface area contributed by atoms with E-state index in [1.807, 2.05) is 6.26 Å². The minimum atomic E-state index is -0.103. The molecule has 0 N–H and O–H groups in total. The van der Waals surface area contributed by atoms with Gasteiger partial charge in [-0.15, -0.1) is 10.2 Å². The number of hydrogen-bond acceptors (Lipinski definition) is 5. The lowest BCUT2D eigenvalue weighted by Crippen LogP contribution is -2.36. The zero-order chi connectivity index (χ0) is 10.7. The first-order chi connectivity index (χ1) is 6.56. The van der Waals surface area contributed by atoms with Crippen LogP contribution in [0, 0.1) is 0 Å². The molecule has 0 atom stereocenters. The summed E-state index contributed by atoms with van der Waals surface area (Å²) in [7, 11) is 5.09. The normalized spacial score (nSPS) is 10.0. The molecule has 0 saturated carbocycles. The van der Waals surface area contributed by atoms with Crippen LogP contribution in [0.1, 0.15) is 0 Å². The lowest BCUT2D eigenvalue weighted by molar-refractivity contribution is 0.225. The summed E-state index contributed by atoms with van der Waals surface area (Å²) < 4.78 is 0.860. The number of hydrogen-bond donors (Lipinski definition) is 0. The van der Waals surface area contributed by atoms with Gasteiger partial charge < -0.3 is 4.90 Å². The summed E-state index contributed by atoms with van der Waals surface area (Å²) >= 11 is 2.93. The second kappa shape index (κ2) is 4.61. The highest BCUT2D eigenvalue weighted by Crippen LogP contribution is 2.25. The van der Waals surface area contributed by atoms with Gasteiger partial charge in [-0.05, 0) is 6.26 Å². The summed E-state index contributed by atoms with van der Waals surface area (Å²) in [6.45, 7) is 0. The van der Waals surface area contributed by atoms with Crippen molar-refractivity contribution in [2.75, 3.05) is 32.3 Å². The van der Waals surface area contributed by atoms with E-state index in [0.717, 1.165) is 4.34 Å². The van der Waals surface area contributed by atoms with Gasteiger partial charge in [0.15, 0.2) is 4.34 Å². The van der Waals surface area contributed by atoms with Crippen LogP contribution in [0.25, 0.3) is 0 Å². The molecule has 0 aromatic carbocycles.